The van der Waals surface area contributed by atoms with E-state index in [0.29, 0.717) is 12.8 Å². The van der Waals surface area contributed by atoms with Crippen LogP contribution in [0.1, 0.15) is 37.2 Å². The SMILES string of the molecule is FC(F)(F)C1CCC(c2c[nH]c3ccccc23)CC1. The molecule has 0 spiro atoms. The number of benzene rings is 1. The van der Waals surface area contributed by atoms with E-state index in [4.69, 9.17) is 0 Å². The smallest absolute Gasteiger partial charge is 0.361 e. The van der Waals surface area contributed by atoms with E-state index in [-0.39, 0.29) is 18.8 Å². The van der Waals surface area contributed by atoms with Crippen molar-refractivity contribution in [1.29, 1.82) is 0 Å². The second-order valence-corrected chi connectivity index (χ2v) is 5.38. The van der Waals surface area contributed by atoms with E-state index in [0.717, 1.165) is 10.9 Å². The van der Waals surface area contributed by atoms with Gasteiger partial charge in [0.25, 0.3) is 0 Å². The fraction of sp³-hybridized carbons (Fsp3) is 0.467. The average molecular weight is 267 g/mol. The van der Waals surface area contributed by atoms with Gasteiger partial charge in [-0.1, -0.05) is 18.2 Å². The van der Waals surface area contributed by atoms with Crippen LogP contribution < -0.4 is 0 Å². The lowest BCUT2D eigenvalue weighted by atomic mass is 9.78. The Hall–Kier alpha value is -1.45. The molecular weight excluding hydrogens is 251 g/mol. The fourth-order valence-corrected chi connectivity index (χ4v) is 3.16. The number of alkyl halides is 3. The van der Waals surface area contributed by atoms with Crippen LogP contribution in [0, 0.1) is 5.92 Å². The molecule has 0 radical (unpaired) electrons. The maximum absolute atomic E-state index is 12.7. The Labute approximate surface area is 109 Å². The summed E-state index contributed by atoms with van der Waals surface area (Å²) in [6.07, 6.45) is -0.284. The molecule has 1 fully saturated rings. The molecular formula is C15H16F3N. The molecule has 1 aromatic carbocycles. The molecule has 1 N–H and O–H groups in total. The van der Waals surface area contributed by atoms with Crippen LogP contribution in [-0.4, -0.2) is 11.2 Å². The number of H-pyrrole nitrogens is 1. The summed E-state index contributed by atoms with van der Waals surface area (Å²) in [6, 6.07) is 7.97. The largest absolute Gasteiger partial charge is 0.391 e. The monoisotopic (exact) mass is 267 g/mol. The lowest BCUT2D eigenvalue weighted by Gasteiger charge is -2.29. The molecule has 102 valence electrons. The van der Waals surface area contributed by atoms with Gasteiger partial charge in [0.2, 0.25) is 0 Å². The maximum atomic E-state index is 12.7. The topological polar surface area (TPSA) is 15.8 Å². The second kappa shape index (κ2) is 4.58. The summed E-state index contributed by atoms with van der Waals surface area (Å²) in [5.41, 5.74) is 2.24. The van der Waals surface area contributed by atoms with E-state index >= 15 is 0 Å². The van der Waals surface area contributed by atoms with Gasteiger partial charge in [-0.15, -0.1) is 0 Å². The summed E-state index contributed by atoms with van der Waals surface area (Å²) >= 11 is 0. The number of halogens is 3. The van der Waals surface area contributed by atoms with E-state index in [2.05, 4.69) is 4.98 Å². The first kappa shape index (κ1) is 12.6. The van der Waals surface area contributed by atoms with Crippen molar-refractivity contribution in [2.45, 2.75) is 37.8 Å². The highest BCUT2D eigenvalue weighted by atomic mass is 19.4. The summed E-state index contributed by atoms with van der Waals surface area (Å²) in [5.74, 6) is -0.844. The maximum Gasteiger partial charge on any atom is 0.391 e. The molecule has 1 saturated carbocycles. The average Bonchev–Trinajstić information content (AvgIpc) is 2.82. The van der Waals surface area contributed by atoms with Crippen LogP contribution in [-0.2, 0) is 0 Å². The number of para-hydroxylation sites is 1. The van der Waals surface area contributed by atoms with Crippen molar-refractivity contribution in [2.75, 3.05) is 0 Å². The molecule has 19 heavy (non-hydrogen) atoms. The molecule has 1 aromatic heterocycles. The van der Waals surface area contributed by atoms with Gasteiger partial charge < -0.3 is 4.98 Å². The Bertz CT molecular complexity index is 562. The molecule has 2 aromatic rings. The lowest BCUT2D eigenvalue weighted by molar-refractivity contribution is -0.182. The Morgan fingerprint density at radius 1 is 1.00 bits per heavy atom. The molecule has 0 bridgehead atoms. The van der Waals surface area contributed by atoms with Crippen molar-refractivity contribution in [3.63, 3.8) is 0 Å². The predicted octanol–water partition coefficient (Wildman–Crippen LogP) is 5.00. The number of hydrogen-bond acceptors (Lipinski definition) is 0. The van der Waals surface area contributed by atoms with Gasteiger partial charge in [-0.3, -0.25) is 0 Å². The molecule has 1 aliphatic rings. The van der Waals surface area contributed by atoms with Crippen LogP contribution in [0.5, 0.6) is 0 Å². The highest BCUT2D eigenvalue weighted by molar-refractivity contribution is 5.83. The Kier molecular flexibility index (Phi) is 3.03. The van der Waals surface area contributed by atoms with E-state index in [1.807, 2.05) is 30.5 Å². The van der Waals surface area contributed by atoms with E-state index < -0.39 is 12.1 Å². The number of aromatic amines is 1. The zero-order valence-corrected chi connectivity index (χ0v) is 10.5. The number of rotatable bonds is 1. The van der Waals surface area contributed by atoms with Crippen molar-refractivity contribution in [3.8, 4) is 0 Å². The molecule has 1 heterocycles. The molecule has 0 saturated heterocycles. The summed E-state index contributed by atoms with van der Waals surface area (Å²) in [6.45, 7) is 0. The first-order valence-electron chi connectivity index (χ1n) is 6.68. The fourth-order valence-electron chi connectivity index (χ4n) is 3.16. The first-order chi connectivity index (χ1) is 9.05. The molecule has 3 rings (SSSR count). The van der Waals surface area contributed by atoms with Crippen molar-refractivity contribution in [1.82, 2.24) is 4.98 Å². The highest BCUT2D eigenvalue weighted by Gasteiger charge is 2.41. The normalized spacial score (nSPS) is 24.8. The van der Waals surface area contributed by atoms with Gasteiger partial charge in [-0.05, 0) is 43.2 Å². The Morgan fingerprint density at radius 2 is 1.68 bits per heavy atom. The van der Waals surface area contributed by atoms with Gasteiger partial charge in [0.1, 0.15) is 0 Å². The second-order valence-electron chi connectivity index (χ2n) is 5.38. The third-order valence-corrected chi connectivity index (χ3v) is 4.25. The van der Waals surface area contributed by atoms with Crippen molar-refractivity contribution in [2.24, 2.45) is 5.92 Å². The summed E-state index contributed by atoms with van der Waals surface area (Å²) in [7, 11) is 0. The summed E-state index contributed by atoms with van der Waals surface area (Å²) < 4.78 is 38.0. The minimum Gasteiger partial charge on any atom is -0.361 e. The predicted molar refractivity (Wildman–Crippen MR) is 69.1 cm³/mol. The first-order valence-corrected chi connectivity index (χ1v) is 6.68. The van der Waals surface area contributed by atoms with Crippen molar-refractivity contribution in [3.05, 3.63) is 36.0 Å². The minimum atomic E-state index is -4.02. The van der Waals surface area contributed by atoms with Crippen LogP contribution in [0.2, 0.25) is 0 Å². The van der Waals surface area contributed by atoms with E-state index in [1.54, 1.807) is 0 Å². The molecule has 1 aliphatic carbocycles. The Balaban J connectivity index is 1.79. The molecule has 0 atom stereocenters. The number of aromatic nitrogens is 1. The number of hydrogen-bond donors (Lipinski definition) is 1. The standard InChI is InChI=1S/C15H16F3N/c16-15(17,18)11-7-5-10(6-8-11)13-9-19-14-4-2-1-3-12(13)14/h1-4,9-11,19H,5-8H2. The van der Waals surface area contributed by atoms with Crippen molar-refractivity contribution < 1.29 is 13.2 Å². The van der Waals surface area contributed by atoms with Crippen LogP contribution >= 0.6 is 0 Å². The Morgan fingerprint density at radius 3 is 2.37 bits per heavy atom. The van der Waals surface area contributed by atoms with Gasteiger partial charge >= 0.3 is 6.18 Å². The molecule has 0 unspecified atom stereocenters. The van der Waals surface area contributed by atoms with E-state index in [9.17, 15) is 13.2 Å². The van der Waals surface area contributed by atoms with Crippen LogP contribution in [0.15, 0.2) is 30.5 Å². The molecule has 0 amide bonds. The van der Waals surface area contributed by atoms with Gasteiger partial charge in [0.15, 0.2) is 0 Å². The van der Waals surface area contributed by atoms with Crippen LogP contribution in [0.3, 0.4) is 0 Å². The molecule has 0 aliphatic heterocycles. The minimum absolute atomic E-state index is 0.258. The lowest BCUT2D eigenvalue weighted by Crippen LogP contribution is -2.27. The number of fused-ring (bicyclic) bond motifs is 1. The summed E-state index contributed by atoms with van der Waals surface area (Å²) in [5, 5.41) is 1.15. The van der Waals surface area contributed by atoms with Gasteiger partial charge in [-0.25, -0.2) is 0 Å². The van der Waals surface area contributed by atoms with E-state index in [1.165, 1.54) is 5.56 Å². The van der Waals surface area contributed by atoms with Crippen LogP contribution in [0.4, 0.5) is 13.2 Å². The third-order valence-electron chi connectivity index (χ3n) is 4.25. The van der Waals surface area contributed by atoms with Gasteiger partial charge in [0, 0.05) is 17.1 Å². The number of nitrogens with one attached hydrogen (secondary N) is 1. The van der Waals surface area contributed by atoms with Crippen LogP contribution in [0.25, 0.3) is 10.9 Å². The van der Waals surface area contributed by atoms with Gasteiger partial charge in [0.05, 0.1) is 5.92 Å². The third kappa shape index (κ3) is 2.36. The van der Waals surface area contributed by atoms with Crippen molar-refractivity contribution >= 4 is 10.9 Å². The van der Waals surface area contributed by atoms with Gasteiger partial charge in [-0.2, -0.15) is 13.2 Å². The summed E-state index contributed by atoms with van der Waals surface area (Å²) in [4.78, 5) is 3.20. The quantitative estimate of drug-likeness (QED) is 0.748. The molecule has 1 nitrogen and oxygen atoms in total. The highest BCUT2D eigenvalue weighted by Crippen LogP contribution is 2.44. The zero-order chi connectivity index (χ0) is 13.5. The molecule has 4 heteroatoms. The zero-order valence-electron chi connectivity index (χ0n) is 10.5.